The molecule has 2 heterocycles. The molecule has 2 aromatic carbocycles. The molecule has 1 aliphatic carbocycles. The monoisotopic (exact) mass is 376 g/mol. The van der Waals surface area contributed by atoms with Crippen molar-refractivity contribution in [3.8, 4) is 0 Å². The summed E-state index contributed by atoms with van der Waals surface area (Å²) in [5, 5.41) is 2.51. The summed E-state index contributed by atoms with van der Waals surface area (Å²) in [6.45, 7) is 5.06. The number of rotatable bonds is 4. The van der Waals surface area contributed by atoms with Gasteiger partial charge in [0.15, 0.2) is 0 Å². The van der Waals surface area contributed by atoms with Gasteiger partial charge in [0.25, 0.3) is 0 Å². The zero-order valence-corrected chi connectivity index (χ0v) is 16.9. The molecule has 1 spiro atoms. The molecule has 0 atom stereocenters. The highest BCUT2D eigenvalue weighted by atomic mass is 16.1. The van der Waals surface area contributed by atoms with Crippen molar-refractivity contribution in [2.24, 2.45) is 5.41 Å². The van der Waals surface area contributed by atoms with Crippen LogP contribution in [0, 0.1) is 5.41 Å². The Bertz CT molecular complexity index is 839. The Hall–Kier alpha value is -1.87. The van der Waals surface area contributed by atoms with E-state index in [1.165, 1.54) is 87.6 Å². The molecule has 2 aliphatic heterocycles. The average Bonchev–Trinajstić information content (AvgIpc) is 2.69. The SMILES string of the molecule is O=CCc1ccc2cc(N3CCC4(CC3)CCN(C3CCC3)CC4)ccc2c1. The van der Waals surface area contributed by atoms with Crippen LogP contribution in [-0.2, 0) is 11.2 Å². The Kier molecular flexibility index (Phi) is 4.88. The van der Waals surface area contributed by atoms with E-state index in [0.717, 1.165) is 17.9 Å². The van der Waals surface area contributed by atoms with Gasteiger partial charge >= 0.3 is 0 Å². The van der Waals surface area contributed by atoms with Crippen molar-refractivity contribution in [3.05, 3.63) is 42.0 Å². The first kappa shape index (κ1) is 18.2. The van der Waals surface area contributed by atoms with Gasteiger partial charge < -0.3 is 14.6 Å². The molecule has 148 valence electrons. The van der Waals surface area contributed by atoms with Crippen LogP contribution in [0.15, 0.2) is 36.4 Å². The molecule has 28 heavy (non-hydrogen) atoms. The Morgan fingerprint density at radius 1 is 0.893 bits per heavy atom. The quantitative estimate of drug-likeness (QED) is 0.715. The van der Waals surface area contributed by atoms with Crippen molar-refractivity contribution in [2.75, 3.05) is 31.1 Å². The largest absolute Gasteiger partial charge is 0.371 e. The van der Waals surface area contributed by atoms with Crippen molar-refractivity contribution in [1.29, 1.82) is 0 Å². The van der Waals surface area contributed by atoms with Gasteiger partial charge in [-0.05, 0) is 85.5 Å². The maximum absolute atomic E-state index is 10.8. The predicted molar refractivity (Wildman–Crippen MR) is 116 cm³/mol. The zero-order valence-electron chi connectivity index (χ0n) is 16.9. The summed E-state index contributed by atoms with van der Waals surface area (Å²) in [4.78, 5) is 16.1. The van der Waals surface area contributed by atoms with Crippen LogP contribution in [0.4, 0.5) is 5.69 Å². The van der Waals surface area contributed by atoms with Crippen LogP contribution in [0.3, 0.4) is 0 Å². The second kappa shape index (κ2) is 7.51. The fourth-order valence-electron chi connectivity index (χ4n) is 5.56. The fourth-order valence-corrected chi connectivity index (χ4v) is 5.56. The molecule has 3 aliphatic rings. The highest BCUT2D eigenvalue weighted by molar-refractivity contribution is 5.87. The number of carbonyl (C=O) groups is 1. The molecule has 3 heteroatoms. The average molecular weight is 377 g/mol. The highest BCUT2D eigenvalue weighted by Gasteiger charge is 2.39. The maximum Gasteiger partial charge on any atom is 0.124 e. The van der Waals surface area contributed by atoms with E-state index in [9.17, 15) is 4.79 Å². The van der Waals surface area contributed by atoms with Crippen LogP contribution < -0.4 is 4.90 Å². The molecule has 0 radical (unpaired) electrons. The third-order valence-corrected chi connectivity index (χ3v) is 7.85. The molecule has 3 fully saturated rings. The first-order chi connectivity index (χ1) is 13.7. The van der Waals surface area contributed by atoms with Gasteiger partial charge in [-0.15, -0.1) is 0 Å². The van der Waals surface area contributed by atoms with Crippen molar-refractivity contribution < 1.29 is 4.79 Å². The number of fused-ring (bicyclic) bond motifs is 1. The lowest BCUT2D eigenvalue weighted by atomic mass is 9.70. The summed E-state index contributed by atoms with van der Waals surface area (Å²) in [5.41, 5.74) is 3.07. The molecular weight excluding hydrogens is 344 g/mol. The Morgan fingerprint density at radius 3 is 2.25 bits per heavy atom. The van der Waals surface area contributed by atoms with Crippen LogP contribution in [0.25, 0.3) is 10.8 Å². The summed E-state index contributed by atoms with van der Waals surface area (Å²) < 4.78 is 0. The van der Waals surface area contributed by atoms with E-state index in [-0.39, 0.29) is 0 Å². The number of carbonyl (C=O) groups excluding carboxylic acids is 1. The Morgan fingerprint density at radius 2 is 1.57 bits per heavy atom. The summed E-state index contributed by atoms with van der Waals surface area (Å²) in [6.07, 6.45) is 11.3. The molecule has 2 aromatic rings. The minimum Gasteiger partial charge on any atom is -0.371 e. The van der Waals surface area contributed by atoms with E-state index in [1.54, 1.807) is 0 Å². The zero-order chi connectivity index (χ0) is 19.0. The van der Waals surface area contributed by atoms with Gasteiger partial charge in [0.1, 0.15) is 6.29 Å². The molecule has 5 rings (SSSR count). The van der Waals surface area contributed by atoms with Gasteiger partial charge in [0, 0.05) is 31.2 Å². The lowest BCUT2D eigenvalue weighted by Gasteiger charge is -2.50. The number of piperidine rings is 2. The smallest absolute Gasteiger partial charge is 0.124 e. The molecular formula is C25H32N2O. The molecule has 0 unspecified atom stereocenters. The van der Waals surface area contributed by atoms with E-state index < -0.39 is 0 Å². The van der Waals surface area contributed by atoms with E-state index >= 15 is 0 Å². The molecule has 0 bridgehead atoms. The number of nitrogens with zero attached hydrogens (tertiary/aromatic N) is 2. The number of benzene rings is 2. The van der Waals surface area contributed by atoms with Crippen molar-refractivity contribution >= 4 is 22.7 Å². The molecule has 2 saturated heterocycles. The molecule has 3 nitrogen and oxygen atoms in total. The van der Waals surface area contributed by atoms with E-state index in [2.05, 4.69) is 46.2 Å². The molecule has 0 N–H and O–H groups in total. The van der Waals surface area contributed by atoms with Gasteiger partial charge in [0.05, 0.1) is 0 Å². The highest BCUT2D eigenvalue weighted by Crippen LogP contribution is 2.43. The summed E-state index contributed by atoms with van der Waals surface area (Å²) in [7, 11) is 0. The Labute approximate surface area is 168 Å². The minimum atomic E-state index is 0.504. The van der Waals surface area contributed by atoms with Gasteiger partial charge in [-0.1, -0.05) is 30.7 Å². The number of hydrogen-bond donors (Lipinski definition) is 0. The number of aldehydes is 1. The predicted octanol–water partition coefficient (Wildman–Crippen LogP) is 4.82. The normalized spacial score (nSPS) is 23.1. The van der Waals surface area contributed by atoms with E-state index in [4.69, 9.17) is 0 Å². The first-order valence-electron chi connectivity index (χ1n) is 11.2. The standard InChI is InChI=1S/C25H32N2O/c28-17-8-20-4-5-22-19-24(7-6-21(22)18-20)27-15-11-25(12-16-27)9-13-26(14-10-25)23-2-1-3-23/h4-7,17-19,23H,1-3,8-16H2. The molecule has 0 aromatic heterocycles. The van der Waals surface area contributed by atoms with Crippen molar-refractivity contribution in [2.45, 2.75) is 57.4 Å². The van der Waals surface area contributed by atoms with Gasteiger partial charge in [-0.3, -0.25) is 0 Å². The molecule has 0 amide bonds. The second-order valence-corrected chi connectivity index (χ2v) is 9.34. The topological polar surface area (TPSA) is 23.6 Å². The first-order valence-corrected chi connectivity index (χ1v) is 11.2. The van der Waals surface area contributed by atoms with Crippen LogP contribution in [-0.4, -0.2) is 43.4 Å². The minimum absolute atomic E-state index is 0.504. The lowest BCUT2D eigenvalue weighted by Crippen LogP contribution is -2.50. The number of likely N-dealkylation sites (tertiary alicyclic amines) is 1. The second-order valence-electron chi connectivity index (χ2n) is 9.34. The van der Waals surface area contributed by atoms with Crippen LogP contribution in [0.1, 0.15) is 50.5 Å². The van der Waals surface area contributed by atoms with Crippen LogP contribution >= 0.6 is 0 Å². The summed E-state index contributed by atoms with van der Waals surface area (Å²) >= 11 is 0. The Balaban J connectivity index is 1.23. The van der Waals surface area contributed by atoms with Crippen molar-refractivity contribution in [3.63, 3.8) is 0 Å². The summed E-state index contributed by atoms with van der Waals surface area (Å²) in [5.74, 6) is 0. The third kappa shape index (κ3) is 3.45. The summed E-state index contributed by atoms with van der Waals surface area (Å²) in [6, 6.07) is 14.1. The third-order valence-electron chi connectivity index (χ3n) is 7.85. The van der Waals surface area contributed by atoms with Crippen LogP contribution in [0.5, 0.6) is 0 Å². The van der Waals surface area contributed by atoms with E-state index in [0.29, 0.717) is 11.8 Å². The van der Waals surface area contributed by atoms with Crippen molar-refractivity contribution in [1.82, 2.24) is 4.90 Å². The van der Waals surface area contributed by atoms with Gasteiger partial charge in [-0.2, -0.15) is 0 Å². The molecule has 1 saturated carbocycles. The van der Waals surface area contributed by atoms with Crippen LogP contribution in [0.2, 0.25) is 0 Å². The maximum atomic E-state index is 10.8. The number of anilines is 1. The lowest BCUT2D eigenvalue weighted by molar-refractivity contribution is -0.107. The fraction of sp³-hybridized carbons (Fsp3) is 0.560. The van der Waals surface area contributed by atoms with E-state index in [1.807, 2.05) is 0 Å². The van der Waals surface area contributed by atoms with Gasteiger partial charge in [-0.25, -0.2) is 0 Å². The number of hydrogen-bond acceptors (Lipinski definition) is 3. The van der Waals surface area contributed by atoms with Gasteiger partial charge in [0.2, 0.25) is 0 Å².